The van der Waals surface area contributed by atoms with Gasteiger partial charge in [0.2, 0.25) is 5.78 Å². The fourth-order valence-electron chi connectivity index (χ4n) is 3.08. The van der Waals surface area contributed by atoms with Crippen molar-refractivity contribution >= 4 is 22.5 Å². The van der Waals surface area contributed by atoms with Crippen molar-refractivity contribution in [3.8, 4) is 0 Å². The standard InChI is InChI=1S/C23H12F2O4/c24-15-9-5-13(6-10-15)21(26)19-17-3-1-2-4-18(17)29-23(28)20(19)22(27)14-7-11-16(25)12-8-14/h1-12H. The van der Waals surface area contributed by atoms with E-state index < -0.39 is 34.4 Å². The fourth-order valence-corrected chi connectivity index (χ4v) is 3.08. The number of para-hydroxylation sites is 1. The van der Waals surface area contributed by atoms with E-state index in [4.69, 9.17) is 4.42 Å². The van der Waals surface area contributed by atoms with E-state index in [1.54, 1.807) is 18.2 Å². The van der Waals surface area contributed by atoms with E-state index >= 15 is 0 Å². The van der Waals surface area contributed by atoms with Crippen LogP contribution in [0.5, 0.6) is 0 Å². The molecule has 4 rings (SSSR count). The van der Waals surface area contributed by atoms with E-state index in [9.17, 15) is 23.2 Å². The third kappa shape index (κ3) is 3.36. The highest BCUT2D eigenvalue weighted by molar-refractivity contribution is 6.24. The van der Waals surface area contributed by atoms with Crippen molar-refractivity contribution < 1.29 is 22.8 Å². The van der Waals surface area contributed by atoms with Gasteiger partial charge in [-0.1, -0.05) is 18.2 Å². The van der Waals surface area contributed by atoms with Crippen molar-refractivity contribution in [2.24, 2.45) is 0 Å². The minimum atomic E-state index is -0.983. The summed E-state index contributed by atoms with van der Waals surface area (Å²) in [4.78, 5) is 38.9. The van der Waals surface area contributed by atoms with Crippen LogP contribution in [0.2, 0.25) is 0 Å². The number of carbonyl (C=O) groups excluding carboxylic acids is 2. The molecule has 4 aromatic rings. The Bertz CT molecular complexity index is 1300. The second-order valence-corrected chi connectivity index (χ2v) is 6.31. The molecule has 0 atom stereocenters. The van der Waals surface area contributed by atoms with Gasteiger partial charge in [-0.05, 0) is 54.6 Å². The molecule has 0 N–H and O–H groups in total. The number of hydrogen-bond acceptors (Lipinski definition) is 4. The average Bonchev–Trinajstić information content (AvgIpc) is 2.73. The molecule has 0 spiro atoms. The second kappa shape index (κ2) is 7.24. The number of carbonyl (C=O) groups is 2. The zero-order valence-corrected chi connectivity index (χ0v) is 14.8. The predicted molar refractivity (Wildman–Crippen MR) is 102 cm³/mol. The lowest BCUT2D eigenvalue weighted by molar-refractivity contribution is 0.100. The van der Waals surface area contributed by atoms with E-state index in [0.717, 1.165) is 24.3 Å². The Morgan fingerprint density at radius 1 is 0.655 bits per heavy atom. The summed E-state index contributed by atoms with van der Waals surface area (Å²) >= 11 is 0. The van der Waals surface area contributed by atoms with Gasteiger partial charge in [-0.2, -0.15) is 0 Å². The molecular formula is C23H12F2O4. The molecule has 29 heavy (non-hydrogen) atoms. The van der Waals surface area contributed by atoms with Gasteiger partial charge < -0.3 is 4.42 Å². The molecule has 0 radical (unpaired) electrons. The highest BCUT2D eigenvalue weighted by atomic mass is 19.1. The summed E-state index contributed by atoms with van der Waals surface area (Å²) < 4.78 is 31.7. The number of rotatable bonds is 4. The Hall–Kier alpha value is -3.93. The highest BCUT2D eigenvalue weighted by Gasteiger charge is 2.27. The molecule has 4 nitrogen and oxygen atoms in total. The van der Waals surface area contributed by atoms with E-state index in [1.165, 1.54) is 30.3 Å². The summed E-state index contributed by atoms with van der Waals surface area (Å²) in [5.41, 5.74) is -1.30. The Kier molecular flexibility index (Phi) is 4.60. The second-order valence-electron chi connectivity index (χ2n) is 6.31. The molecule has 0 saturated carbocycles. The third-order valence-electron chi connectivity index (χ3n) is 4.48. The normalized spacial score (nSPS) is 10.8. The lowest BCUT2D eigenvalue weighted by Crippen LogP contribution is -2.22. The molecule has 1 heterocycles. The summed E-state index contributed by atoms with van der Waals surface area (Å²) in [6.45, 7) is 0. The van der Waals surface area contributed by atoms with E-state index in [2.05, 4.69) is 0 Å². The summed E-state index contributed by atoms with van der Waals surface area (Å²) in [6, 6.07) is 15.7. The van der Waals surface area contributed by atoms with Crippen LogP contribution in [0, 0.1) is 11.6 Å². The Balaban J connectivity index is 2.00. The molecule has 0 bridgehead atoms. The Labute approximate surface area is 163 Å². The number of benzene rings is 3. The first-order valence-corrected chi connectivity index (χ1v) is 8.62. The third-order valence-corrected chi connectivity index (χ3v) is 4.48. The van der Waals surface area contributed by atoms with Crippen LogP contribution >= 0.6 is 0 Å². The predicted octanol–water partition coefficient (Wildman–Crippen LogP) is 4.53. The van der Waals surface area contributed by atoms with E-state index in [0.29, 0.717) is 0 Å². The molecule has 0 aliphatic carbocycles. The van der Waals surface area contributed by atoms with Gasteiger partial charge in [-0.15, -0.1) is 0 Å². The van der Waals surface area contributed by atoms with Gasteiger partial charge in [0, 0.05) is 16.5 Å². The molecule has 1 aromatic heterocycles. The van der Waals surface area contributed by atoms with Crippen LogP contribution in [-0.2, 0) is 0 Å². The summed E-state index contributed by atoms with van der Waals surface area (Å²) in [5.74, 6) is -2.47. The lowest BCUT2D eigenvalue weighted by Gasteiger charge is -2.10. The maximum Gasteiger partial charge on any atom is 0.348 e. The molecule has 142 valence electrons. The number of hydrogen-bond donors (Lipinski definition) is 0. The van der Waals surface area contributed by atoms with Crippen molar-refractivity contribution in [1.82, 2.24) is 0 Å². The maximum absolute atomic E-state index is 13.3. The molecular weight excluding hydrogens is 378 g/mol. The van der Waals surface area contributed by atoms with Crippen LogP contribution < -0.4 is 5.63 Å². The zero-order valence-electron chi connectivity index (χ0n) is 14.8. The molecule has 0 saturated heterocycles. The minimum Gasteiger partial charge on any atom is -0.422 e. The van der Waals surface area contributed by atoms with Crippen molar-refractivity contribution in [2.45, 2.75) is 0 Å². The SMILES string of the molecule is O=C(c1ccc(F)cc1)c1c(C(=O)c2ccc(F)cc2)c2ccccc2oc1=O. The molecule has 0 amide bonds. The van der Waals surface area contributed by atoms with Gasteiger partial charge in [0.1, 0.15) is 22.8 Å². The molecule has 0 unspecified atom stereocenters. The number of ketones is 2. The van der Waals surface area contributed by atoms with Crippen molar-refractivity contribution in [3.63, 3.8) is 0 Å². The molecule has 0 aliphatic rings. The molecule has 0 fully saturated rings. The highest BCUT2D eigenvalue weighted by Crippen LogP contribution is 2.25. The lowest BCUT2D eigenvalue weighted by atomic mass is 9.92. The van der Waals surface area contributed by atoms with Gasteiger partial charge in [0.15, 0.2) is 5.78 Å². The van der Waals surface area contributed by atoms with Crippen molar-refractivity contribution in [2.75, 3.05) is 0 Å². The number of halogens is 2. The summed E-state index contributed by atoms with van der Waals surface area (Å²) in [6.07, 6.45) is 0. The van der Waals surface area contributed by atoms with E-state index in [-0.39, 0.29) is 27.7 Å². The smallest absolute Gasteiger partial charge is 0.348 e. The van der Waals surface area contributed by atoms with Crippen LogP contribution in [0.25, 0.3) is 11.0 Å². The molecule has 6 heteroatoms. The van der Waals surface area contributed by atoms with Crippen molar-refractivity contribution in [3.05, 3.63) is 117 Å². The summed E-state index contributed by atoms with van der Waals surface area (Å²) in [5, 5.41) is 0.270. The fraction of sp³-hybridized carbons (Fsp3) is 0. The Morgan fingerprint density at radius 3 is 1.69 bits per heavy atom. The van der Waals surface area contributed by atoms with Gasteiger partial charge >= 0.3 is 5.63 Å². The quantitative estimate of drug-likeness (QED) is 0.379. The molecule has 3 aromatic carbocycles. The maximum atomic E-state index is 13.3. The largest absolute Gasteiger partial charge is 0.422 e. The molecule has 0 aliphatic heterocycles. The average molecular weight is 390 g/mol. The minimum absolute atomic E-state index is 0.0298. The van der Waals surface area contributed by atoms with Gasteiger partial charge in [-0.3, -0.25) is 9.59 Å². The number of fused-ring (bicyclic) bond motifs is 1. The van der Waals surface area contributed by atoms with Crippen LogP contribution in [0.4, 0.5) is 8.78 Å². The van der Waals surface area contributed by atoms with Crippen LogP contribution in [0.1, 0.15) is 31.8 Å². The first-order chi connectivity index (χ1) is 14.0. The van der Waals surface area contributed by atoms with Crippen molar-refractivity contribution in [1.29, 1.82) is 0 Å². The van der Waals surface area contributed by atoms with Crippen LogP contribution in [-0.4, -0.2) is 11.6 Å². The van der Waals surface area contributed by atoms with E-state index in [1.807, 2.05) is 0 Å². The first-order valence-electron chi connectivity index (χ1n) is 8.62. The van der Waals surface area contributed by atoms with Crippen LogP contribution in [0.15, 0.2) is 82.0 Å². The summed E-state index contributed by atoms with van der Waals surface area (Å²) in [7, 11) is 0. The zero-order chi connectivity index (χ0) is 20.5. The van der Waals surface area contributed by atoms with Gasteiger partial charge in [-0.25, -0.2) is 13.6 Å². The van der Waals surface area contributed by atoms with Gasteiger partial charge in [0.05, 0.1) is 5.56 Å². The van der Waals surface area contributed by atoms with Crippen LogP contribution in [0.3, 0.4) is 0 Å². The van der Waals surface area contributed by atoms with Gasteiger partial charge in [0.25, 0.3) is 0 Å². The Morgan fingerprint density at radius 2 is 1.14 bits per heavy atom. The topological polar surface area (TPSA) is 64.3 Å². The monoisotopic (exact) mass is 390 g/mol. The first kappa shape index (κ1) is 18.4.